The number of benzene rings is 2. The molecule has 31 heavy (non-hydrogen) atoms. The molecule has 1 atom stereocenters. The number of piperazine rings is 1. The third kappa shape index (κ3) is 3.81. The van der Waals surface area contributed by atoms with Gasteiger partial charge in [-0.3, -0.25) is 9.69 Å². The van der Waals surface area contributed by atoms with Gasteiger partial charge in [0.25, 0.3) is 0 Å². The van der Waals surface area contributed by atoms with E-state index in [1.807, 2.05) is 11.8 Å². The monoisotopic (exact) mass is 447 g/mol. The second kappa shape index (κ2) is 8.57. The van der Waals surface area contributed by atoms with E-state index in [4.69, 9.17) is 4.74 Å². The van der Waals surface area contributed by atoms with Gasteiger partial charge in [0.05, 0.1) is 17.6 Å². The van der Waals surface area contributed by atoms with E-state index in [0.717, 1.165) is 5.69 Å². The molecule has 2 aromatic carbocycles. The first kappa shape index (κ1) is 21.7. The normalized spacial score (nSPS) is 21.7. The Bertz CT molecular complexity index is 1070. The average molecular weight is 448 g/mol. The molecule has 2 aromatic rings. The minimum absolute atomic E-state index is 0.00602. The zero-order chi connectivity index (χ0) is 22.2. The van der Waals surface area contributed by atoms with Gasteiger partial charge in [-0.1, -0.05) is 13.0 Å². The zero-order valence-electron chi connectivity index (χ0n) is 17.6. The first-order valence-corrected chi connectivity index (χ1v) is 11.8. The molecule has 0 amide bonds. The fourth-order valence-corrected chi connectivity index (χ4v) is 6.22. The van der Waals surface area contributed by atoms with Crippen molar-refractivity contribution in [2.45, 2.75) is 24.4 Å². The van der Waals surface area contributed by atoms with Gasteiger partial charge < -0.3 is 9.64 Å². The standard InChI is InChI=1S/C22H26FN3O4S/c1-3-11-26-22(21(27)20-18(30-2)5-4-6-19(20)31(26,28)29)25-14-12-24(13-15-25)17-9-7-16(23)8-10-17/h4-10,22H,3,11-15H2,1-2H3. The van der Waals surface area contributed by atoms with Crippen LogP contribution < -0.4 is 9.64 Å². The van der Waals surface area contributed by atoms with Crippen molar-refractivity contribution in [2.75, 3.05) is 44.7 Å². The molecule has 0 N–H and O–H groups in total. The summed E-state index contributed by atoms with van der Waals surface area (Å²) in [5.74, 6) is -0.272. The van der Waals surface area contributed by atoms with E-state index in [1.165, 1.54) is 29.6 Å². The number of nitrogens with zero attached hydrogens (tertiary/aromatic N) is 3. The smallest absolute Gasteiger partial charge is 0.245 e. The van der Waals surface area contributed by atoms with E-state index in [9.17, 15) is 17.6 Å². The summed E-state index contributed by atoms with van der Waals surface area (Å²) in [5, 5.41) is 0. The molecule has 0 aliphatic carbocycles. The molecule has 166 valence electrons. The number of ether oxygens (including phenoxy) is 1. The van der Waals surface area contributed by atoms with E-state index >= 15 is 0 Å². The lowest BCUT2D eigenvalue weighted by Crippen LogP contribution is -2.62. The number of Topliss-reactive ketones (excluding diaryl/α,β-unsaturated/α-hetero) is 1. The summed E-state index contributed by atoms with van der Waals surface area (Å²) >= 11 is 0. The Kier molecular flexibility index (Phi) is 6.00. The Labute approximate surface area is 182 Å². The highest BCUT2D eigenvalue weighted by Gasteiger charge is 2.47. The molecule has 2 heterocycles. The number of hydrogen-bond donors (Lipinski definition) is 0. The molecule has 0 spiro atoms. The predicted molar refractivity (Wildman–Crippen MR) is 115 cm³/mol. The summed E-state index contributed by atoms with van der Waals surface area (Å²) < 4.78 is 46.7. The number of carbonyl (C=O) groups excluding carboxylic acids is 1. The molecule has 0 aromatic heterocycles. The second-order valence-corrected chi connectivity index (χ2v) is 9.55. The van der Waals surface area contributed by atoms with Gasteiger partial charge in [-0.05, 0) is 42.8 Å². The SMILES string of the molecule is CCCN1C(N2CCN(c3ccc(F)cc3)CC2)C(=O)c2c(OC)cccc2S1(=O)=O. The van der Waals surface area contributed by atoms with Gasteiger partial charge in [0, 0.05) is 38.4 Å². The number of fused-ring (bicyclic) bond motifs is 1. The highest BCUT2D eigenvalue weighted by atomic mass is 32.2. The largest absolute Gasteiger partial charge is 0.496 e. The van der Waals surface area contributed by atoms with Crippen LogP contribution in [0, 0.1) is 5.82 Å². The highest BCUT2D eigenvalue weighted by Crippen LogP contribution is 2.37. The van der Waals surface area contributed by atoms with Gasteiger partial charge >= 0.3 is 0 Å². The Balaban J connectivity index is 1.65. The van der Waals surface area contributed by atoms with Gasteiger partial charge in [-0.25, -0.2) is 12.8 Å². The van der Waals surface area contributed by atoms with Gasteiger partial charge in [0.15, 0.2) is 0 Å². The van der Waals surface area contributed by atoms with Crippen molar-refractivity contribution < 1.29 is 22.3 Å². The molecule has 9 heteroatoms. The van der Waals surface area contributed by atoms with E-state index in [-0.39, 0.29) is 34.4 Å². The minimum atomic E-state index is -3.84. The first-order valence-electron chi connectivity index (χ1n) is 10.4. The van der Waals surface area contributed by atoms with Crippen molar-refractivity contribution in [2.24, 2.45) is 0 Å². The van der Waals surface area contributed by atoms with Gasteiger partial charge in [-0.15, -0.1) is 0 Å². The molecule has 7 nitrogen and oxygen atoms in total. The first-order chi connectivity index (χ1) is 14.9. The fourth-order valence-electron chi connectivity index (χ4n) is 4.34. The molecule has 4 rings (SSSR count). The maximum atomic E-state index is 13.6. The maximum Gasteiger partial charge on any atom is 0.245 e. The fraction of sp³-hybridized carbons (Fsp3) is 0.409. The van der Waals surface area contributed by atoms with Crippen molar-refractivity contribution >= 4 is 21.5 Å². The van der Waals surface area contributed by atoms with Crippen LogP contribution in [0.1, 0.15) is 23.7 Å². The Morgan fingerprint density at radius 3 is 2.35 bits per heavy atom. The summed E-state index contributed by atoms with van der Waals surface area (Å²) in [6.07, 6.45) is -0.304. The van der Waals surface area contributed by atoms with E-state index in [2.05, 4.69) is 4.90 Å². The van der Waals surface area contributed by atoms with Crippen LogP contribution in [0.3, 0.4) is 0 Å². The zero-order valence-corrected chi connectivity index (χ0v) is 18.4. The Hall–Kier alpha value is -2.49. The predicted octanol–water partition coefficient (Wildman–Crippen LogP) is 2.58. The Morgan fingerprint density at radius 2 is 1.74 bits per heavy atom. The number of carbonyl (C=O) groups is 1. The quantitative estimate of drug-likeness (QED) is 0.702. The van der Waals surface area contributed by atoms with Crippen LogP contribution >= 0.6 is 0 Å². The summed E-state index contributed by atoms with van der Waals surface area (Å²) in [5.41, 5.74) is 1.03. The van der Waals surface area contributed by atoms with Gasteiger partial charge in [-0.2, -0.15) is 4.31 Å². The summed E-state index contributed by atoms with van der Waals surface area (Å²) in [7, 11) is -2.41. The van der Waals surface area contributed by atoms with Crippen molar-refractivity contribution in [1.29, 1.82) is 0 Å². The summed E-state index contributed by atoms with van der Waals surface area (Å²) in [6.45, 7) is 4.38. The molecule has 0 bridgehead atoms. The molecule has 1 fully saturated rings. The summed E-state index contributed by atoms with van der Waals surface area (Å²) in [6, 6.07) is 11.0. The lowest BCUT2D eigenvalue weighted by atomic mass is 10.0. The number of anilines is 1. The molecule has 0 radical (unpaired) electrons. The average Bonchev–Trinajstić information content (AvgIpc) is 2.78. The molecule has 1 saturated heterocycles. The minimum Gasteiger partial charge on any atom is -0.496 e. The molecule has 0 saturated carbocycles. The number of methoxy groups -OCH3 is 1. The van der Waals surface area contributed by atoms with Crippen LogP contribution in [0.15, 0.2) is 47.4 Å². The number of ketones is 1. The number of rotatable bonds is 5. The molecule has 2 aliphatic rings. The lowest BCUT2D eigenvalue weighted by Gasteiger charge is -2.45. The van der Waals surface area contributed by atoms with Crippen molar-refractivity contribution in [3.05, 3.63) is 53.8 Å². The Morgan fingerprint density at radius 1 is 1.06 bits per heavy atom. The highest BCUT2D eigenvalue weighted by molar-refractivity contribution is 7.89. The van der Waals surface area contributed by atoms with Crippen LogP contribution in [0.5, 0.6) is 5.75 Å². The van der Waals surface area contributed by atoms with Crippen LogP contribution in [0.25, 0.3) is 0 Å². The number of halogens is 1. The lowest BCUT2D eigenvalue weighted by molar-refractivity contribution is 0.0551. The van der Waals surface area contributed by atoms with Crippen molar-refractivity contribution in [3.8, 4) is 5.75 Å². The van der Waals surface area contributed by atoms with Crippen LogP contribution in [0.4, 0.5) is 10.1 Å². The van der Waals surface area contributed by atoms with Crippen molar-refractivity contribution in [3.63, 3.8) is 0 Å². The number of hydrogen-bond acceptors (Lipinski definition) is 6. The topological polar surface area (TPSA) is 70.2 Å². The van der Waals surface area contributed by atoms with Gasteiger partial charge in [0.1, 0.15) is 17.7 Å². The van der Waals surface area contributed by atoms with Crippen LogP contribution in [-0.4, -0.2) is 69.4 Å². The van der Waals surface area contributed by atoms with Gasteiger partial charge in [0.2, 0.25) is 15.8 Å². The van der Waals surface area contributed by atoms with Crippen LogP contribution in [0.2, 0.25) is 0 Å². The molecule has 1 unspecified atom stereocenters. The summed E-state index contributed by atoms with van der Waals surface area (Å²) in [4.78, 5) is 17.6. The third-order valence-corrected chi connectivity index (χ3v) is 7.74. The molecular weight excluding hydrogens is 421 g/mol. The van der Waals surface area contributed by atoms with E-state index in [0.29, 0.717) is 32.6 Å². The number of sulfonamides is 1. The second-order valence-electron chi connectivity index (χ2n) is 7.69. The molecular formula is C22H26FN3O4S. The van der Waals surface area contributed by atoms with E-state index in [1.54, 1.807) is 24.3 Å². The van der Waals surface area contributed by atoms with Crippen molar-refractivity contribution in [1.82, 2.24) is 9.21 Å². The van der Waals surface area contributed by atoms with Crippen LogP contribution in [-0.2, 0) is 10.0 Å². The van der Waals surface area contributed by atoms with E-state index < -0.39 is 16.2 Å². The third-order valence-electron chi connectivity index (χ3n) is 5.84. The maximum absolute atomic E-state index is 13.6. The molecule has 2 aliphatic heterocycles.